The van der Waals surface area contributed by atoms with Gasteiger partial charge in [-0.3, -0.25) is 9.59 Å². The van der Waals surface area contributed by atoms with Gasteiger partial charge >= 0.3 is 0 Å². The molecule has 1 saturated carbocycles. The van der Waals surface area contributed by atoms with E-state index in [1.165, 1.54) is 5.56 Å². The zero-order valence-electron chi connectivity index (χ0n) is 17.0. The van der Waals surface area contributed by atoms with Crippen molar-refractivity contribution in [3.05, 3.63) is 70.8 Å². The molecule has 152 valence electrons. The summed E-state index contributed by atoms with van der Waals surface area (Å²) in [4.78, 5) is 23.6. The van der Waals surface area contributed by atoms with Gasteiger partial charge in [0.15, 0.2) is 6.61 Å². The molecule has 0 radical (unpaired) electrons. The van der Waals surface area contributed by atoms with E-state index in [-0.39, 0.29) is 18.4 Å². The lowest BCUT2D eigenvalue weighted by atomic mass is 10.1. The first-order valence-corrected chi connectivity index (χ1v) is 10.0. The number of rotatable bonds is 9. The summed E-state index contributed by atoms with van der Waals surface area (Å²) in [5.41, 5.74) is 4.51. The summed E-state index contributed by atoms with van der Waals surface area (Å²) in [5.74, 6) is 0.486. The molecule has 2 aromatic carbocycles. The van der Waals surface area contributed by atoms with Crippen LogP contribution in [0.15, 0.2) is 48.5 Å². The third-order valence-corrected chi connectivity index (χ3v) is 4.79. The lowest BCUT2D eigenvalue weighted by molar-refractivity contribution is -0.123. The SMILES string of the molecule is Cc1ccc(C=CC(=O)NCCc2ccc(OCC(=O)NC3CC3)cc2)c(C)c1. The first kappa shape index (κ1) is 20.6. The van der Waals surface area contributed by atoms with Gasteiger partial charge in [0.2, 0.25) is 5.91 Å². The Morgan fingerprint density at radius 3 is 2.55 bits per heavy atom. The minimum absolute atomic E-state index is 0.0404. The van der Waals surface area contributed by atoms with E-state index >= 15 is 0 Å². The molecule has 0 heterocycles. The Bertz CT molecular complexity index is 883. The number of benzene rings is 2. The summed E-state index contributed by atoms with van der Waals surface area (Å²) in [6, 6.07) is 14.1. The highest BCUT2D eigenvalue weighted by atomic mass is 16.5. The number of hydrogen-bond acceptors (Lipinski definition) is 3. The fourth-order valence-corrected chi connectivity index (χ4v) is 2.97. The Labute approximate surface area is 172 Å². The van der Waals surface area contributed by atoms with Gasteiger partial charge in [-0.15, -0.1) is 0 Å². The molecular formula is C24H28N2O3. The normalized spacial score (nSPS) is 13.3. The summed E-state index contributed by atoms with van der Waals surface area (Å²) < 4.78 is 5.49. The Kier molecular flexibility index (Phi) is 7.06. The van der Waals surface area contributed by atoms with Crippen molar-refractivity contribution in [3.63, 3.8) is 0 Å². The molecule has 1 aliphatic carbocycles. The number of ether oxygens (including phenoxy) is 1. The number of amides is 2. The first-order valence-electron chi connectivity index (χ1n) is 10.0. The summed E-state index contributed by atoms with van der Waals surface area (Å²) >= 11 is 0. The summed E-state index contributed by atoms with van der Waals surface area (Å²) in [6.45, 7) is 4.69. The molecule has 1 fully saturated rings. The maximum atomic E-state index is 12.0. The molecule has 29 heavy (non-hydrogen) atoms. The average molecular weight is 392 g/mol. The number of carbonyl (C=O) groups excluding carboxylic acids is 2. The van der Waals surface area contributed by atoms with Gasteiger partial charge in [0.25, 0.3) is 5.91 Å². The van der Waals surface area contributed by atoms with E-state index in [9.17, 15) is 9.59 Å². The van der Waals surface area contributed by atoms with Crippen molar-refractivity contribution in [2.75, 3.05) is 13.2 Å². The molecule has 1 aliphatic rings. The third-order valence-electron chi connectivity index (χ3n) is 4.79. The summed E-state index contributed by atoms with van der Waals surface area (Å²) in [7, 11) is 0. The molecule has 0 saturated heterocycles. The predicted octanol–water partition coefficient (Wildman–Crippen LogP) is 3.33. The van der Waals surface area contributed by atoms with Crippen LogP contribution in [0, 0.1) is 13.8 Å². The minimum atomic E-state index is -0.105. The molecule has 5 heteroatoms. The van der Waals surface area contributed by atoms with Gasteiger partial charge in [-0.1, -0.05) is 35.9 Å². The van der Waals surface area contributed by atoms with Gasteiger partial charge < -0.3 is 15.4 Å². The minimum Gasteiger partial charge on any atom is -0.484 e. The molecule has 0 spiro atoms. The van der Waals surface area contributed by atoms with Crippen LogP contribution in [-0.2, 0) is 16.0 Å². The topological polar surface area (TPSA) is 67.4 Å². The van der Waals surface area contributed by atoms with E-state index < -0.39 is 0 Å². The lowest BCUT2D eigenvalue weighted by Crippen LogP contribution is -2.30. The number of hydrogen-bond donors (Lipinski definition) is 2. The molecule has 2 amide bonds. The number of nitrogens with one attached hydrogen (secondary N) is 2. The number of carbonyl (C=O) groups is 2. The highest BCUT2D eigenvalue weighted by Gasteiger charge is 2.23. The van der Waals surface area contributed by atoms with Crippen molar-refractivity contribution < 1.29 is 14.3 Å². The van der Waals surface area contributed by atoms with Crippen LogP contribution in [0.4, 0.5) is 0 Å². The van der Waals surface area contributed by atoms with E-state index in [1.807, 2.05) is 49.4 Å². The Morgan fingerprint density at radius 2 is 1.86 bits per heavy atom. The Balaban J connectivity index is 1.37. The molecule has 2 aromatic rings. The second-order valence-corrected chi connectivity index (χ2v) is 7.51. The second kappa shape index (κ2) is 9.92. The van der Waals surface area contributed by atoms with Gasteiger partial charge in [-0.05, 0) is 68.0 Å². The molecule has 0 aromatic heterocycles. The van der Waals surface area contributed by atoms with Crippen LogP contribution in [0.5, 0.6) is 5.75 Å². The molecule has 0 aliphatic heterocycles. The van der Waals surface area contributed by atoms with Gasteiger partial charge in [-0.2, -0.15) is 0 Å². The van der Waals surface area contributed by atoms with E-state index in [2.05, 4.69) is 23.6 Å². The third kappa shape index (κ3) is 7.11. The fraction of sp³-hybridized carbons (Fsp3) is 0.333. The summed E-state index contributed by atoms with van der Waals surface area (Å²) in [5, 5.41) is 5.79. The van der Waals surface area contributed by atoms with Crippen LogP contribution in [-0.4, -0.2) is 31.0 Å². The standard InChI is InChI=1S/C24H28N2O3/c1-17-3-6-20(18(2)15-17)7-12-23(27)25-14-13-19-4-10-22(11-5-19)29-16-24(28)26-21-8-9-21/h3-7,10-12,15,21H,8-9,13-14,16H2,1-2H3,(H,25,27)(H,26,28). The molecule has 0 atom stereocenters. The van der Waals surface area contributed by atoms with Crippen LogP contribution < -0.4 is 15.4 Å². The molecule has 2 N–H and O–H groups in total. The molecular weight excluding hydrogens is 364 g/mol. The number of aryl methyl sites for hydroxylation is 2. The zero-order valence-corrected chi connectivity index (χ0v) is 17.0. The lowest BCUT2D eigenvalue weighted by Gasteiger charge is -2.08. The molecule has 0 bridgehead atoms. The van der Waals surface area contributed by atoms with Crippen LogP contribution in [0.25, 0.3) is 6.08 Å². The zero-order chi connectivity index (χ0) is 20.6. The van der Waals surface area contributed by atoms with Crippen molar-refractivity contribution >= 4 is 17.9 Å². The van der Waals surface area contributed by atoms with Crippen LogP contribution in [0.3, 0.4) is 0 Å². The van der Waals surface area contributed by atoms with Gasteiger partial charge in [0, 0.05) is 18.7 Å². The smallest absolute Gasteiger partial charge is 0.258 e. The van der Waals surface area contributed by atoms with Gasteiger partial charge in [-0.25, -0.2) is 0 Å². The van der Waals surface area contributed by atoms with E-state index in [0.717, 1.165) is 36.0 Å². The highest BCUT2D eigenvalue weighted by molar-refractivity contribution is 5.91. The van der Waals surface area contributed by atoms with Gasteiger partial charge in [0.05, 0.1) is 0 Å². The second-order valence-electron chi connectivity index (χ2n) is 7.51. The average Bonchev–Trinajstić information content (AvgIpc) is 3.50. The molecule has 0 unspecified atom stereocenters. The first-order chi connectivity index (χ1) is 14.0. The fourth-order valence-electron chi connectivity index (χ4n) is 2.97. The monoisotopic (exact) mass is 392 g/mol. The Morgan fingerprint density at radius 1 is 1.10 bits per heavy atom. The van der Waals surface area contributed by atoms with Crippen LogP contribution >= 0.6 is 0 Å². The van der Waals surface area contributed by atoms with E-state index in [1.54, 1.807) is 6.08 Å². The highest BCUT2D eigenvalue weighted by Crippen LogP contribution is 2.18. The van der Waals surface area contributed by atoms with Crippen molar-refractivity contribution in [1.82, 2.24) is 10.6 Å². The Hall–Kier alpha value is -3.08. The van der Waals surface area contributed by atoms with Crippen LogP contribution in [0.2, 0.25) is 0 Å². The van der Waals surface area contributed by atoms with Crippen molar-refractivity contribution in [3.8, 4) is 5.75 Å². The van der Waals surface area contributed by atoms with Crippen LogP contribution in [0.1, 0.15) is 35.1 Å². The maximum absolute atomic E-state index is 12.0. The molecule has 3 rings (SSSR count). The summed E-state index contributed by atoms with van der Waals surface area (Å²) in [6.07, 6.45) is 6.28. The van der Waals surface area contributed by atoms with Crippen molar-refractivity contribution in [1.29, 1.82) is 0 Å². The predicted molar refractivity (Wildman–Crippen MR) is 115 cm³/mol. The van der Waals surface area contributed by atoms with E-state index in [4.69, 9.17) is 4.74 Å². The molecule has 5 nitrogen and oxygen atoms in total. The maximum Gasteiger partial charge on any atom is 0.258 e. The van der Waals surface area contributed by atoms with E-state index in [0.29, 0.717) is 18.3 Å². The quantitative estimate of drug-likeness (QED) is 0.643. The van der Waals surface area contributed by atoms with Crippen molar-refractivity contribution in [2.45, 2.75) is 39.2 Å². The van der Waals surface area contributed by atoms with Crippen molar-refractivity contribution in [2.24, 2.45) is 0 Å². The van der Waals surface area contributed by atoms with Gasteiger partial charge in [0.1, 0.15) is 5.75 Å². The largest absolute Gasteiger partial charge is 0.484 e.